The van der Waals surface area contributed by atoms with Crippen molar-refractivity contribution < 1.29 is 14.6 Å². The van der Waals surface area contributed by atoms with Crippen LogP contribution in [-0.4, -0.2) is 39.0 Å². The van der Waals surface area contributed by atoms with Gasteiger partial charge in [0.15, 0.2) is 5.82 Å². The Hall–Kier alpha value is -2.92. The maximum atomic E-state index is 13.6. The number of nitrogens with zero attached hydrogens (tertiary/aromatic N) is 3. The molecule has 0 saturated heterocycles. The Labute approximate surface area is 206 Å². The molecule has 33 heavy (non-hydrogen) atoms. The quantitative estimate of drug-likeness (QED) is 0.359. The number of aryl methyl sites for hydroxylation is 1. The summed E-state index contributed by atoms with van der Waals surface area (Å²) in [5, 5.41) is 20.2. The van der Waals surface area contributed by atoms with Crippen molar-refractivity contribution in [2.45, 2.75) is 32.7 Å². The third-order valence-electron chi connectivity index (χ3n) is 5.32. The van der Waals surface area contributed by atoms with Gasteiger partial charge >= 0.3 is 0 Å². The average Bonchev–Trinajstić information content (AvgIpc) is 3.21. The van der Waals surface area contributed by atoms with E-state index in [4.69, 9.17) is 9.84 Å². The summed E-state index contributed by atoms with van der Waals surface area (Å²) < 4.78 is 8.73. The van der Waals surface area contributed by atoms with Gasteiger partial charge in [0.25, 0.3) is 5.91 Å². The third kappa shape index (κ3) is 5.03. The molecule has 1 atom stereocenters. The normalized spacial score (nSPS) is 15.1. The molecule has 1 aliphatic rings. The monoisotopic (exact) mass is 559 g/mol. The topological polar surface area (TPSA) is 101 Å². The van der Waals surface area contributed by atoms with Crippen molar-refractivity contribution in [3.63, 3.8) is 0 Å². The van der Waals surface area contributed by atoms with Gasteiger partial charge in [0.05, 0.1) is 12.2 Å². The summed E-state index contributed by atoms with van der Waals surface area (Å²) >= 11 is 2.23. The molecular weight excluding hydrogens is 533 g/mol. The van der Waals surface area contributed by atoms with Crippen LogP contribution in [0.5, 0.6) is 5.75 Å². The second kappa shape index (κ2) is 10.3. The number of carbonyl (C=O) groups excluding carboxylic acids is 1. The van der Waals surface area contributed by atoms with E-state index in [1.807, 2.05) is 62.4 Å². The molecule has 0 fully saturated rings. The highest BCUT2D eigenvalue weighted by Crippen LogP contribution is 2.39. The number of amides is 1. The van der Waals surface area contributed by atoms with Gasteiger partial charge in [-0.2, -0.15) is 10.1 Å². The van der Waals surface area contributed by atoms with Crippen LogP contribution in [0.3, 0.4) is 0 Å². The molecule has 9 heteroatoms. The number of aliphatic hydroxyl groups is 1. The molecule has 0 bridgehead atoms. The SMILES string of the molecule is CCOc1ccccc1C1C(C(=O)Nc2ccc(I)cc2)=C(C)Nc2nc(CCCO)nn21. The lowest BCUT2D eigenvalue weighted by molar-refractivity contribution is -0.113. The zero-order valence-corrected chi connectivity index (χ0v) is 20.7. The van der Waals surface area contributed by atoms with E-state index in [-0.39, 0.29) is 12.5 Å². The number of aliphatic hydroxyl groups excluding tert-OH is 1. The van der Waals surface area contributed by atoms with Gasteiger partial charge in [0.1, 0.15) is 11.8 Å². The number of fused-ring (bicyclic) bond motifs is 1. The van der Waals surface area contributed by atoms with E-state index in [9.17, 15) is 9.90 Å². The summed E-state index contributed by atoms with van der Waals surface area (Å²) in [7, 11) is 0. The number of anilines is 2. The van der Waals surface area contributed by atoms with Gasteiger partial charge in [-0.1, -0.05) is 18.2 Å². The van der Waals surface area contributed by atoms with Crippen LogP contribution in [0.25, 0.3) is 0 Å². The van der Waals surface area contributed by atoms with E-state index in [1.54, 1.807) is 4.68 Å². The van der Waals surface area contributed by atoms with Crippen LogP contribution in [0.4, 0.5) is 11.6 Å². The molecule has 0 aliphatic carbocycles. The molecule has 3 aromatic rings. The number of nitrogens with one attached hydrogen (secondary N) is 2. The molecule has 2 heterocycles. The summed E-state index contributed by atoms with van der Waals surface area (Å²) in [5.74, 6) is 1.63. The number of carbonyl (C=O) groups is 1. The van der Waals surface area contributed by atoms with E-state index < -0.39 is 6.04 Å². The first kappa shape index (κ1) is 23.2. The first-order valence-electron chi connectivity index (χ1n) is 10.8. The number of para-hydroxylation sites is 1. The molecule has 0 spiro atoms. The van der Waals surface area contributed by atoms with Gasteiger partial charge in [-0.3, -0.25) is 4.79 Å². The van der Waals surface area contributed by atoms with E-state index in [0.717, 1.165) is 9.13 Å². The van der Waals surface area contributed by atoms with Gasteiger partial charge in [-0.25, -0.2) is 4.68 Å². The molecule has 2 aromatic carbocycles. The van der Waals surface area contributed by atoms with Gasteiger partial charge in [-0.15, -0.1) is 0 Å². The zero-order valence-electron chi connectivity index (χ0n) is 18.5. The fraction of sp³-hybridized carbons (Fsp3) is 0.292. The minimum atomic E-state index is -0.525. The smallest absolute Gasteiger partial charge is 0.255 e. The second-order valence-electron chi connectivity index (χ2n) is 7.62. The number of aromatic nitrogens is 3. The maximum Gasteiger partial charge on any atom is 0.255 e. The predicted octanol–water partition coefficient (Wildman–Crippen LogP) is 4.13. The first-order chi connectivity index (χ1) is 16.0. The van der Waals surface area contributed by atoms with Crippen LogP contribution in [0.2, 0.25) is 0 Å². The summed E-state index contributed by atoms with van der Waals surface area (Å²) in [6.07, 6.45) is 1.11. The van der Waals surface area contributed by atoms with E-state index in [2.05, 4.69) is 38.2 Å². The number of rotatable bonds is 8. The lowest BCUT2D eigenvalue weighted by atomic mass is 9.94. The minimum absolute atomic E-state index is 0.0643. The molecule has 1 unspecified atom stereocenters. The van der Waals surface area contributed by atoms with Crippen LogP contribution in [0.15, 0.2) is 59.8 Å². The predicted molar refractivity (Wildman–Crippen MR) is 135 cm³/mol. The molecule has 1 aromatic heterocycles. The molecule has 172 valence electrons. The number of hydrogen-bond donors (Lipinski definition) is 3. The lowest BCUT2D eigenvalue weighted by Gasteiger charge is -2.29. The summed E-state index contributed by atoms with van der Waals surface area (Å²) in [4.78, 5) is 18.2. The Bertz CT molecular complexity index is 1170. The van der Waals surface area contributed by atoms with Crippen LogP contribution >= 0.6 is 22.6 Å². The van der Waals surface area contributed by atoms with Gasteiger partial charge in [0, 0.05) is 33.5 Å². The molecule has 0 radical (unpaired) electrons. The van der Waals surface area contributed by atoms with Gasteiger partial charge in [-0.05, 0) is 73.2 Å². The van der Waals surface area contributed by atoms with Gasteiger partial charge < -0.3 is 20.5 Å². The van der Waals surface area contributed by atoms with E-state index in [1.165, 1.54) is 0 Å². The summed E-state index contributed by atoms with van der Waals surface area (Å²) in [6, 6.07) is 14.8. The Kier molecular flexibility index (Phi) is 7.29. The van der Waals surface area contributed by atoms with Crippen molar-refractivity contribution >= 4 is 40.1 Å². The molecule has 4 rings (SSSR count). The number of benzene rings is 2. The van der Waals surface area contributed by atoms with Gasteiger partial charge in [0.2, 0.25) is 5.95 Å². The Morgan fingerprint density at radius 3 is 2.73 bits per heavy atom. The maximum absolute atomic E-state index is 13.6. The van der Waals surface area contributed by atoms with Crippen LogP contribution in [0.1, 0.15) is 37.7 Å². The van der Waals surface area contributed by atoms with Crippen molar-refractivity contribution in [1.82, 2.24) is 14.8 Å². The standard InChI is InChI=1S/C24H26IN5O3/c1-3-33-19-8-5-4-7-18(19)22-21(23(32)27-17-12-10-16(25)11-13-17)15(2)26-24-28-20(9-6-14-31)29-30(22)24/h4-5,7-8,10-13,22,31H,3,6,9,14H2,1-2H3,(H,27,32)(H,26,28,29). The van der Waals surface area contributed by atoms with Crippen molar-refractivity contribution in [2.24, 2.45) is 0 Å². The fourth-order valence-electron chi connectivity index (χ4n) is 3.85. The van der Waals surface area contributed by atoms with Crippen LogP contribution in [0, 0.1) is 3.57 Å². The second-order valence-corrected chi connectivity index (χ2v) is 8.87. The summed E-state index contributed by atoms with van der Waals surface area (Å²) in [5.41, 5.74) is 2.77. The molecule has 1 aliphatic heterocycles. The lowest BCUT2D eigenvalue weighted by Crippen LogP contribution is -2.31. The van der Waals surface area contributed by atoms with E-state index >= 15 is 0 Å². The fourth-order valence-corrected chi connectivity index (χ4v) is 4.20. The van der Waals surface area contributed by atoms with Crippen LogP contribution < -0.4 is 15.4 Å². The summed E-state index contributed by atoms with van der Waals surface area (Å²) in [6.45, 7) is 4.36. The highest BCUT2D eigenvalue weighted by molar-refractivity contribution is 14.1. The molecular formula is C24H26IN5O3. The number of ether oxygens (including phenoxy) is 1. The number of halogens is 1. The molecule has 3 N–H and O–H groups in total. The molecule has 0 saturated carbocycles. The van der Waals surface area contributed by atoms with Crippen molar-refractivity contribution in [3.05, 3.63) is 74.8 Å². The van der Waals surface area contributed by atoms with Crippen LogP contribution in [-0.2, 0) is 11.2 Å². The third-order valence-corrected chi connectivity index (χ3v) is 6.03. The highest BCUT2D eigenvalue weighted by Gasteiger charge is 2.35. The molecule has 8 nitrogen and oxygen atoms in total. The van der Waals surface area contributed by atoms with E-state index in [0.29, 0.717) is 53.9 Å². The minimum Gasteiger partial charge on any atom is -0.494 e. The zero-order chi connectivity index (χ0) is 23.4. The molecule has 1 amide bonds. The largest absolute Gasteiger partial charge is 0.494 e. The first-order valence-corrected chi connectivity index (χ1v) is 11.9. The number of hydrogen-bond acceptors (Lipinski definition) is 6. The Balaban J connectivity index is 1.79. The Morgan fingerprint density at radius 2 is 2.00 bits per heavy atom. The Morgan fingerprint density at radius 1 is 1.24 bits per heavy atom. The van der Waals surface area contributed by atoms with Crippen molar-refractivity contribution in [2.75, 3.05) is 23.8 Å². The number of allylic oxidation sites excluding steroid dienone is 1. The van der Waals surface area contributed by atoms with Crippen molar-refractivity contribution in [1.29, 1.82) is 0 Å². The van der Waals surface area contributed by atoms with Crippen molar-refractivity contribution in [3.8, 4) is 5.75 Å². The highest BCUT2D eigenvalue weighted by atomic mass is 127. The average molecular weight is 559 g/mol.